The van der Waals surface area contributed by atoms with E-state index in [1.165, 1.54) is 25.7 Å². The minimum Gasteiger partial charge on any atom is -0.465 e. The second kappa shape index (κ2) is 9.02. The molecule has 0 radical (unpaired) electrons. The summed E-state index contributed by atoms with van der Waals surface area (Å²) in [6.45, 7) is 1.08. The van der Waals surface area contributed by atoms with Crippen LogP contribution in [0.15, 0.2) is 30.9 Å². The van der Waals surface area contributed by atoms with Crippen molar-refractivity contribution in [1.29, 1.82) is 0 Å². The molecule has 3 aromatic rings. The fourth-order valence-electron chi connectivity index (χ4n) is 2.52. The Kier molecular flexibility index (Phi) is 6.24. The van der Waals surface area contributed by atoms with E-state index in [1.54, 1.807) is 17.1 Å². The number of anilines is 2. The second-order valence-corrected chi connectivity index (χ2v) is 6.51. The van der Waals surface area contributed by atoms with Crippen molar-refractivity contribution in [2.75, 3.05) is 11.9 Å². The standard InChI is InChI=1S/C14H17N7O2.C4H8/c1-20-9-11(8-17-20)18-13-16-7-10-3-6-21(12(10)19-13)5-2-4-15-14(22)23;1-2-4-3-1/h3,6-9,15H,2,4-5H2,1H3,(H,22,23)(H,16,18,19);1-4H2. The maximum atomic E-state index is 10.4. The van der Waals surface area contributed by atoms with Crippen molar-refractivity contribution in [3.63, 3.8) is 0 Å². The largest absolute Gasteiger partial charge is 0.465 e. The fourth-order valence-corrected chi connectivity index (χ4v) is 2.52. The van der Waals surface area contributed by atoms with E-state index in [0.717, 1.165) is 16.7 Å². The quantitative estimate of drug-likeness (QED) is 0.574. The van der Waals surface area contributed by atoms with Gasteiger partial charge >= 0.3 is 6.09 Å². The molecule has 0 atom stereocenters. The van der Waals surface area contributed by atoms with Crippen LogP contribution in [0.5, 0.6) is 0 Å². The maximum absolute atomic E-state index is 10.4. The van der Waals surface area contributed by atoms with Crippen LogP contribution in [0.25, 0.3) is 11.0 Å². The van der Waals surface area contributed by atoms with Crippen LogP contribution < -0.4 is 10.6 Å². The Hall–Kier alpha value is -3.10. The molecule has 0 saturated heterocycles. The molecular formula is C18H25N7O2. The predicted molar refractivity (Wildman–Crippen MR) is 103 cm³/mol. The molecule has 3 heterocycles. The Morgan fingerprint density at radius 2 is 2.04 bits per heavy atom. The fraction of sp³-hybridized carbons (Fsp3) is 0.444. The zero-order chi connectivity index (χ0) is 19.1. The third-order valence-corrected chi connectivity index (χ3v) is 4.32. The summed E-state index contributed by atoms with van der Waals surface area (Å²) in [5.74, 6) is 0.495. The number of nitrogens with one attached hydrogen (secondary N) is 2. The monoisotopic (exact) mass is 371 g/mol. The topological polar surface area (TPSA) is 110 Å². The predicted octanol–water partition coefficient (Wildman–Crippen LogP) is 3.13. The van der Waals surface area contributed by atoms with E-state index in [4.69, 9.17) is 5.11 Å². The molecule has 9 heteroatoms. The highest BCUT2D eigenvalue weighted by Crippen LogP contribution is 2.17. The zero-order valence-corrected chi connectivity index (χ0v) is 15.4. The van der Waals surface area contributed by atoms with Crippen molar-refractivity contribution >= 4 is 28.8 Å². The van der Waals surface area contributed by atoms with E-state index < -0.39 is 6.09 Å². The lowest BCUT2D eigenvalue weighted by atomic mass is 10.0. The number of hydrogen-bond donors (Lipinski definition) is 3. The number of carboxylic acid groups (broad SMARTS) is 1. The average molecular weight is 371 g/mol. The number of amides is 1. The average Bonchev–Trinajstić information content (AvgIpc) is 3.16. The van der Waals surface area contributed by atoms with E-state index >= 15 is 0 Å². The van der Waals surface area contributed by atoms with Gasteiger partial charge in [0.05, 0.1) is 11.9 Å². The Balaban J connectivity index is 0.000000466. The van der Waals surface area contributed by atoms with Crippen molar-refractivity contribution in [2.45, 2.75) is 38.6 Å². The van der Waals surface area contributed by atoms with E-state index in [-0.39, 0.29) is 0 Å². The molecule has 1 aliphatic rings. The van der Waals surface area contributed by atoms with Crippen LogP contribution >= 0.6 is 0 Å². The molecule has 3 N–H and O–H groups in total. The van der Waals surface area contributed by atoms with Gasteiger partial charge in [-0.15, -0.1) is 0 Å². The first-order chi connectivity index (χ1) is 13.1. The molecule has 0 aromatic carbocycles. The third-order valence-electron chi connectivity index (χ3n) is 4.32. The molecule has 1 amide bonds. The maximum Gasteiger partial charge on any atom is 0.404 e. The number of rotatable bonds is 6. The van der Waals surface area contributed by atoms with Crippen LogP contribution in [0.1, 0.15) is 32.1 Å². The Bertz CT molecular complexity index is 879. The number of hydrogen-bond acceptors (Lipinski definition) is 5. The lowest BCUT2D eigenvalue weighted by Crippen LogP contribution is -2.22. The van der Waals surface area contributed by atoms with Gasteiger partial charge in [-0.3, -0.25) is 4.68 Å². The lowest BCUT2D eigenvalue weighted by Gasteiger charge is -2.06. The Morgan fingerprint density at radius 3 is 2.67 bits per heavy atom. The van der Waals surface area contributed by atoms with Crippen molar-refractivity contribution in [1.82, 2.24) is 29.6 Å². The van der Waals surface area contributed by atoms with Gasteiger partial charge in [0, 0.05) is 44.1 Å². The molecule has 27 heavy (non-hydrogen) atoms. The van der Waals surface area contributed by atoms with Crippen molar-refractivity contribution in [3.8, 4) is 0 Å². The first kappa shape index (κ1) is 18.7. The highest BCUT2D eigenvalue weighted by atomic mass is 16.4. The van der Waals surface area contributed by atoms with Crippen LogP contribution in [0.4, 0.5) is 16.4 Å². The van der Waals surface area contributed by atoms with Crippen LogP contribution in [-0.2, 0) is 13.6 Å². The van der Waals surface area contributed by atoms with Crippen molar-refractivity contribution in [3.05, 3.63) is 30.9 Å². The van der Waals surface area contributed by atoms with Gasteiger partial charge in [-0.05, 0) is 12.5 Å². The van der Waals surface area contributed by atoms with Crippen LogP contribution in [0.2, 0.25) is 0 Å². The Morgan fingerprint density at radius 1 is 1.26 bits per heavy atom. The molecule has 0 unspecified atom stereocenters. The molecule has 1 saturated carbocycles. The van der Waals surface area contributed by atoms with E-state index in [2.05, 4.69) is 25.7 Å². The number of nitrogens with zero attached hydrogens (tertiary/aromatic N) is 5. The molecule has 4 rings (SSSR count). The smallest absolute Gasteiger partial charge is 0.404 e. The first-order valence-electron chi connectivity index (χ1n) is 9.16. The molecule has 1 aliphatic carbocycles. The SMILES string of the molecule is C1CCC1.Cn1cc(Nc2ncc3ccn(CCCNC(=O)O)c3n2)cn1. The normalized spacial score (nSPS) is 12.8. The lowest BCUT2D eigenvalue weighted by molar-refractivity contribution is 0.194. The number of aromatic nitrogens is 5. The summed E-state index contributed by atoms with van der Waals surface area (Å²) >= 11 is 0. The highest BCUT2D eigenvalue weighted by molar-refractivity contribution is 5.76. The molecule has 9 nitrogen and oxygen atoms in total. The summed E-state index contributed by atoms with van der Waals surface area (Å²) in [5.41, 5.74) is 1.62. The van der Waals surface area contributed by atoms with Gasteiger partial charge < -0.3 is 20.3 Å². The van der Waals surface area contributed by atoms with Gasteiger partial charge in [-0.25, -0.2) is 9.78 Å². The summed E-state index contributed by atoms with van der Waals surface area (Å²) in [7, 11) is 1.84. The van der Waals surface area contributed by atoms with Crippen LogP contribution in [0, 0.1) is 0 Å². The molecule has 0 spiro atoms. The summed E-state index contributed by atoms with van der Waals surface area (Å²) in [4.78, 5) is 19.2. The van der Waals surface area contributed by atoms with Gasteiger partial charge in [0.1, 0.15) is 5.65 Å². The summed E-state index contributed by atoms with van der Waals surface area (Å²) in [6, 6.07) is 1.94. The summed E-state index contributed by atoms with van der Waals surface area (Å²) in [5, 5.41) is 19.0. The molecular weight excluding hydrogens is 346 g/mol. The van der Waals surface area contributed by atoms with Gasteiger partial charge in [-0.2, -0.15) is 10.1 Å². The van der Waals surface area contributed by atoms with Crippen molar-refractivity contribution in [2.24, 2.45) is 7.05 Å². The minimum absolute atomic E-state index is 0.404. The van der Waals surface area contributed by atoms with E-state index in [1.807, 2.05) is 30.1 Å². The van der Waals surface area contributed by atoms with Gasteiger partial charge in [0.15, 0.2) is 0 Å². The number of aryl methyl sites for hydroxylation is 2. The zero-order valence-electron chi connectivity index (χ0n) is 15.4. The van der Waals surface area contributed by atoms with Crippen LogP contribution in [-0.4, -0.2) is 42.1 Å². The molecule has 144 valence electrons. The third kappa shape index (κ3) is 5.44. The highest BCUT2D eigenvalue weighted by Gasteiger charge is 2.06. The van der Waals surface area contributed by atoms with E-state index in [9.17, 15) is 4.79 Å². The second-order valence-electron chi connectivity index (χ2n) is 6.51. The molecule has 0 aliphatic heterocycles. The minimum atomic E-state index is -1.01. The van der Waals surface area contributed by atoms with Gasteiger partial charge in [-0.1, -0.05) is 25.7 Å². The first-order valence-corrected chi connectivity index (χ1v) is 9.16. The van der Waals surface area contributed by atoms with Crippen LogP contribution in [0.3, 0.4) is 0 Å². The van der Waals surface area contributed by atoms with Crippen molar-refractivity contribution < 1.29 is 9.90 Å². The van der Waals surface area contributed by atoms with E-state index in [0.29, 0.717) is 25.5 Å². The summed E-state index contributed by atoms with van der Waals surface area (Å²) in [6.07, 6.45) is 12.9. The number of carbonyl (C=O) groups is 1. The molecule has 1 fully saturated rings. The van der Waals surface area contributed by atoms with Gasteiger partial charge in [0.25, 0.3) is 0 Å². The van der Waals surface area contributed by atoms with Gasteiger partial charge in [0.2, 0.25) is 5.95 Å². The molecule has 3 aromatic heterocycles. The Labute approximate surface area is 157 Å². The molecule has 0 bridgehead atoms. The number of fused-ring (bicyclic) bond motifs is 1. The summed E-state index contributed by atoms with van der Waals surface area (Å²) < 4.78 is 3.67.